The van der Waals surface area contributed by atoms with E-state index in [9.17, 15) is 13.6 Å². The lowest BCUT2D eigenvalue weighted by Crippen LogP contribution is -2.32. The second-order valence-electron chi connectivity index (χ2n) is 3.89. The molecule has 1 rings (SSSR count). The van der Waals surface area contributed by atoms with Crippen molar-refractivity contribution in [2.24, 2.45) is 0 Å². The van der Waals surface area contributed by atoms with Crippen LogP contribution in [0.1, 0.15) is 23.7 Å². The molecule has 0 aliphatic heterocycles. The van der Waals surface area contributed by atoms with E-state index in [1.54, 1.807) is 6.08 Å². The summed E-state index contributed by atoms with van der Waals surface area (Å²) in [5.41, 5.74) is 4.88. The van der Waals surface area contributed by atoms with Crippen LogP contribution < -0.4 is 5.73 Å². The van der Waals surface area contributed by atoms with Crippen molar-refractivity contribution in [3.8, 4) is 0 Å². The Morgan fingerprint density at radius 3 is 2.67 bits per heavy atom. The molecule has 1 aromatic carbocycles. The van der Waals surface area contributed by atoms with E-state index in [2.05, 4.69) is 6.58 Å². The van der Waals surface area contributed by atoms with Crippen LogP contribution in [0, 0.1) is 11.6 Å². The van der Waals surface area contributed by atoms with Crippen LogP contribution in [0.5, 0.6) is 0 Å². The van der Waals surface area contributed by atoms with Crippen molar-refractivity contribution < 1.29 is 13.6 Å². The van der Waals surface area contributed by atoms with Crippen molar-refractivity contribution in [2.75, 3.05) is 18.8 Å². The maximum absolute atomic E-state index is 13.6. The molecule has 0 aromatic heterocycles. The average Bonchev–Trinajstić information content (AvgIpc) is 2.33. The lowest BCUT2D eigenvalue weighted by molar-refractivity contribution is 0.0769. The largest absolute Gasteiger partial charge is 0.396 e. The van der Waals surface area contributed by atoms with Crippen molar-refractivity contribution in [2.45, 2.75) is 13.3 Å². The zero-order chi connectivity index (χ0) is 13.7. The van der Waals surface area contributed by atoms with Crippen LogP contribution in [0.15, 0.2) is 24.8 Å². The highest BCUT2D eigenvalue weighted by Crippen LogP contribution is 2.18. The van der Waals surface area contributed by atoms with Gasteiger partial charge in [0.2, 0.25) is 0 Å². The minimum absolute atomic E-state index is 0.218. The monoisotopic (exact) mass is 254 g/mol. The molecule has 98 valence electrons. The summed E-state index contributed by atoms with van der Waals surface area (Å²) >= 11 is 0. The van der Waals surface area contributed by atoms with Gasteiger partial charge in [-0.2, -0.15) is 0 Å². The predicted octanol–water partition coefficient (Wildman–Crippen LogP) is 2.59. The van der Waals surface area contributed by atoms with E-state index in [0.717, 1.165) is 12.5 Å². The summed E-state index contributed by atoms with van der Waals surface area (Å²) in [5, 5.41) is 0. The number of amides is 1. The summed E-state index contributed by atoms with van der Waals surface area (Å²) < 4.78 is 26.6. The fourth-order valence-corrected chi connectivity index (χ4v) is 1.60. The van der Waals surface area contributed by atoms with E-state index in [1.165, 1.54) is 4.90 Å². The van der Waals surface area contributed by atoms with E-state index in [0.29, 0.717) is 19.2 Å². The summed E-state index contributed by atoms with van der Waals surface area (Å²) in [6, 6.07) is 1.65. The molecule has 3 nitrogen and oxygen atoms in total. The van der Waals surface area contributed by atoms with Crippen LogP contribution in [0.4, 0.5) is 14.5 Å². The van der Waals surface area contributed by atoms with Gasteiger partial charge in [0.15, 0.2) is 0 Å². The SMILES string of the molecule is C=CCN(CCC)C(=O)c1cc(N)c(F)cc1F. The van der Waals surface area contributed by atoms with Crippen LogP contribution in [-0.4, -0.2) is 23.9 Å². The van der Waals surface area contributed by atoms with Crippen molar-refractivity contribution in [1.82, 2.24) is 4.90 Å². The smallest absolute Gasteiger partial charge is 0.257 e. The first-order valence-electron chi connectivity index (χ1n) is 5.66. The molecule has 0 aliphatic carbocycles. The Morgan fingerprint density at radius 2 is 2.11 bits per heavy atom. The number of nitrogen functional groups attached to an aromatic ring is 1. The number of nitrogens with two attached hydrogens (primary N) is 1. The summed E-state index contributed by atoms with van der Waals surface area (Å²) in [4.78, 5) is 13.5. The third-order valence-electron chi connectivity index (χ3n) is 2.45. The number of rotatable bonds is 5. The Balaban J connectivity index is 3.07. The molecule has 0 heterocycles. The van der Waals surface area contributed by atoms with Gasteiger partial charge in [-0.1, -0.05) is 13.0 Å². The topological polar surface area (TPSA) is 46.3 Å². The fraction of sp³-hybridized carbons (Fsp3) is 0.308. The van der Waals surface area contributed by atoms with Gasteiger partial charge in [-0.15, -0.1) is 6.58 Å². The standard InChI is InChI=1S/C13H16F2N2O/c1-3-5-17(6-4-2)13(18)9-7-12(16)11(15)8-10(9)14/h3,7-8H,1,4-6,16H2,2H3. The number of halogens is 2. The zero-order valence-corrected chi connectivity index (χ0v) is 10.2. The Kier molecular flexibility index (Phi) is 4.83. The molecule has 1 amide bonds. The van der Waals surface area contributed by atoms with Gasteiger partial charge in [-0.3, -0.25) is 4.79 Å². The number of carbonyl (C=O) groups is 1. The normalized spacial score (nSPS) is 10.2. The van der Waals surface area contributed by atoms with Gasteiger partial charge in [0.25, 0.3) is 5.91 Å². The van der Waals surface area contributed by atoms with Crippen molar-refractivity contribution in [3.63, 3.8) is 0 Å². The van der Waals surface area contributed by atoms with Crippen molar-refractivity contribution in [1.29, 1.82) is 0 Å². The highest BCUT2D eigenvalue weighted by molar-refractivity contribution is 5.95. The summed E-state index contributed by atoms with van der Waals surface area (Å²) in [6.07, 6.45) is 2.29. The summed E-state index contributed by atoms with van der Waals surface area (Å²) in [7, 11) is 0. The second-order valence-corrected chi connectivity index (χ2v) is 3.89. The lowest BCUT2D eigenvalue weighted by atomic mass is 10.1. The molecule has 0 unspecified atom stereocenters. The molecule has 0 saturated heterocycles. The van der Waals surface area contributed by atoms with Gasteiger partial charge in [-0.05, 0) is 12.5 Å². The molecule has 0 radical (unpaired) electrons. The molecule has 0 saturated carbocycles. The molecule has 0 bridgehead atoms. The molecule has 5 heteroatoms. The molecule has 0 spiro atoms. The molecule has 0 atom stereocenters. The molecule has 18 heavy (non-hydrogen) atoms. The Hall–Kier alpha value is -1.91. The van der Waals surface area contributed by atoms with Crippen LogP contribution in [-0.2, 0) is 0 Å². The maximum Gasteiger partial charge on any atom is 0.257 e. The molecular formula is C13H16F2N2O. The Morgan fingerprint density at radius 1 is 1.44 bits per heavy atom. The minimum Gasteiger partial charge on any atom is -0.396 e. The van der Waals surface area contributed by atoms with Crippen molar-refractivity contribution in [3.05, 3.63) is 42.0 Å². The first-order chi connectivity index (χ1) is 8.51. The first-order valence-corrected chi connectivity index (χ1v) is 5.66. The zero-order valence-electron chi connectivity index (χ0n) is 10.2. The Bertz CT molecular complexity index is 461. The molecule has 0 aliphatic rings. The quantitative estimate of drug-likeness (QED) is 0.648. The Labute approximate surface area is 105 Å². The molecule has 2 N–H and O–H groups in total. The van der Waals surface area contributed by atoms with Gasteiger partial charge < -0.3 is 10.6 Å². The van der Waals surface area contributed by atoms with E-state index in [4.69, 9.17) is 5.73 Å². The number of carbonyl (C=O) groups excluding carboxylic acids is 1. The third-order valence-corrected chi connectivity index (χ3v) is 2.45. The van der Waals surface area contributed by atoms with Gasteiger partial charge in [-0.25, -0.2) is 8.78 Å². The predicted molar refractivity (Wildman–Crippen MR) is 67.2 cm³/mol. The van der Waals surface area contributed by atoms with Gasteiger partial charge >= 0.3 is 0 Å². The molecular weight excluding hydrogens is 238 g/mol. The highest BCUT2D eigenvalue weighted by atomic mass is 19.1. The summed E-state index contributed by atoms with van der Waals surface area (Å²) in [5.74, 6) is -2.28. The lowest BCUT2D eigenvalue weighted by Gasteiger charge is -2.20. The molecule has 0 fully saturated rings. The summed E-state index contributed by atoms with van der Waals surface area (Å²) in [6.45, 7) is 6.22. The number of hydrogen-bond donors (Lipinski definition) is 1. The number of nitrogens with zero attached hydrogens (tertiary/aromatic N) is 1. The number of benzene rings is 1. The van der Waals surface area contributed by atoms with Crippen LogP contribution >= 0.6 is 0 Å². The van der Waals surface area contributed by atoms with Gasteiger partial charge in [0, 0.05) is 19.2 Å². The van der Waals surface area contributed by atoms with E-state index < -0.39 is 17.5 Å². The molecule has 1 aromatic rings. The second kappa shape index (κ2) is 6.14. The van der Waals surface area contributed by atoms with Crippen LogP contribution in [0.2, 0.25) is 0 Å². The maximum atomic E-state index is 13.6. The van der Waals surface area contributed by atoms with E-state index >= 15 is 0 Å². The third kappa shape index (κ3) is 3.06. The minimum atomic E-state index is -0.906. The van der Waals surface area contributed by atoms with Gasteiger partial charge in [0.1, 0.15) is 11.6 Å². The first kappa shape index (κ1) is 14.2. The number of hydrogen-bond acceptors (Lipinski definition) is 2. The van der Waals surface area contributed by atoms with E-state index in [1.807, 2.05) is 6.92 Å². The van der Waals surface area contributed by atoms with Crippen LogP contribution in [0.25, 0.3) is 0 Å². The van der Waals surface area contributed by atoms with Gasteiger partial charge in [0.05, 0.1) is 11.3 Å². The highest BCUT2D eigenvalue weighted by Gasteiger charge is 2.19. The van der Waals surface area contributed by atoms with Crippen LogP contribution in [0.3, 0.4) is 0 Å². The number of anilines is 1. The van der Waals surface area contributed by atoms with Crippen molar-refractivity contribution >= 4 is 11.6 Å². The average molecular weight is 254 g/mol. The van der Waals surface area contributed by atoms with E-state index in [-0.39, 0.29) is 11.3 Å². The fourth-order valence-electron chi connectivity index (χ4n) is 1.60.